The van der Waals surface area contributed by atoms with Gasteiger partial charge in [0.2, 0.25) is 5.91 Å². The second-order valence-electron chi connectivity index (χ2n) is 6.62. The van der Waals surface area contributed by atoms with E-state index in [1.54, 1.807) is 7.11 Å². The van der Waals surface area contributed by atoms with Crippen molar-refractivity contribution in [2.75, 3.05) is 13.7 Å². The lowest BCUT2D eigenvalue weighted by atomic mass is 9.93. The Bertz CT molecular complexity index is 548. The average Bonchev–Trinajstić information content (AvgIpc) is 3.36. The molecule has 1 amide bonds. The molecular formula is C19H29NO3. The maximum absolute atomic E-state index is 12.7. The first-order valence-corrected chi connectivity index (χ1v) is 8.60. The monoisotopic (exact) mass is 319 g/mol. The fraction of sp³-hybridized carbons (Fsp3) is 0.632. The van der Waals surface area contributed by atoms with Crippen LogP contribution in [0.2, 0.25) is 0 Å². The van der Waals surface area contributed by atoms with Crippen LogP contribution in [0.5, 0.6) is 5.75 Å². The lowest BCUT2D eigenvalue weighted by molar-refractivity contribution is -0.124. The van der Waals surface area contributed by atoms with Gasteiger partial charge in [-0.1, -0.05) is 38.8 Å². The molecule has 0 heterocycles. The minimum atomic E-state index is -0.475. The summed E-state index contributed by atoms with van der Waals surface area (Å²) in [5, 5.41) is 13.2. The number of benzene rings is 1. The Balaban J connectivity index is 2.04. The minimum Gasteiger partial charge on any atom is -0.496 e. The quantitative estimate of drug-likeness (QED) is 0.774. The third kappa shape index (κ3) is 3.69. The number of ether oxygens (including phenoxy) is 1. The number of hydrogen-bond donors (Lipinski definition) is 2. The Labute approximate surface area is 139 Å². The van der Waals surface area contributed by atoms with Gasteiger partial charge < -0.3 is 15.2 Å². The van der Waals surface area contributed by atoms with Gasteiger partial charge in [-0.15, -0.1) is 0 Å². The van der Waals surface area contributed by atoms with Gasteiger partial charge >= 0.3 is 0 Å². The molecule has 0 bridgehead atoms. The number of aryl methyl sites for hydroxylation is 1. The Morgan fingerprint density at radius 3 is 2.52 bits per heavy atom. The number of carbonyl (C=O) groups is 1. The molecule has 1 fully saturated rings. The number of methoxy groups -OCH3 is 1. The molecule has 0 saturated heterocycles. The summed E-state index contributed by atoms with van der Waals surface area (Å²) in [7, 11) is 1.65. The predicted molar refractivity (Wildman–Crippen MR) is 91.7 cm³/mol. The van der Waals surface area contributed by atoms with Crippen LogP contribution in [0.25, 0.3) is 0 Å². The van der Waals surface area contributed by atoms with Crippen LogP contribution in [0.4, 0.5) is 0 Å². The average molecular weight is 319 g/mol. The first kappa shape index (κ1) is 17.8. The van der Waals surface area contributed by atoms with Gasteiger partial charge in [-0.25, -0.2) is 0 Å². The third-order valence-corrected chi connectivity index (χ3v) is 5.21. The fourth-order valence-electron chi connectivity index (χ4n) is 3.26. The maximum atomic E-state index is 12.7. The molecule has 1 saturated carbocycles. The fourth-order valence-corrected chi connectivity index (χ4v) is 3.26. The Morgan fingerprint density at radius 1 is 1.35 bits per heavy atom. The number of hydrogen-bond acceptors (Lipinski definition) is 3. The largest absolute Gasteiger partial charge is 0.496 e. The number of amides is 1. The van der Waals surface area contributed by atoms with Crippen LogP contribution in [0.3, 0.4) is 0 Å². The summed E-state index contributed by atoms with van der Waals surface area (Å²) in [6.45, 7) is 6.46. The zero-order valence-corrected chi connectivity index (χ0v) is 14.7. The number of aliphatic hydroxyl groups excluding tert-OH is 1. The number of rotatable bonds is 8. The molecular weight excluding hydrogens is 290 g/mol. The van der Waals surface area contributed by atoms with Crippen molar-refractivity contribution in [3.05, 3.63) is 29.3 Å². The molecule has 23 heavy (non-hydrogen) atoms. The van der Waals surface area contributed by atoms with Crippen LogP contribution in [0, 0.1) is 12.8 Å². The normalized spacial score (nSPS) is 17.0. The molecule has 1 atom stereocenters. The van der Waals surface area contributed by atoms with Gasteiger partial charge in [-0.05, 0) is 42.9 Å². The van der Waals surface area contributed by atoms with Crippen LogP contribution >= 0.6 is 0 Å². The van der Waals surface area contributed by atoms with Gasteiger partial charge in [-0.3, -0.25) is 4.79 Å². The van der Waals surface area contributed by atoms with Gasteiger partial charge in [0.1, 0.15) is 5.75 Å². The third-order valence-electron chi connectivity index (χ3n) is 5.21. The molecule has 0 spiro atoms. The van der Waals surface area contributed by atoms with Crippen molar-refractivity contribution in [2.45, 2.75) is 58.0 Å². The molecule has 1 aromatic rings. The van der Waals surface area contributed by atoms with Crippen LogP contribution in [0.15, 0.2) is 18.2 Å². The van der Waals surface area contributed by atoms with Gasteiger partial charge in [0, 0.05) is 6.54 Å². The van der Waals surface area contributed by atoms with E-state index >= 15 is 0 Å². The van der Waals surface area contributed by atoms with Crippen molar-refractivity contribution in [2.24, 2.45) is 5.92 Å². The summed E-state index contributed by atoms with van der Waals surface area (Å²) < 4.78 is 5.38. The topological polar surface area (TPSA) is 58.6 Å². The smallest absolute Gasteiger partial charge is 0.230 e. The summed E-state index contributed by atoms with van der Waals surface area (Å²) >= 11 is 0. The highest BCUT2D eigenvalue weighted by Gasteiger charge is 2.51. The van der Waals surface area contributed by atoms with E-state index in [0.717, 1.165) is 42.6 Å². The molecule has 4 nitrogen and oxygen atoms in total. The predicted octanol–water partition coefficient (Wildman–Crippen LogP) is 2.95. The number of carbonyl (C=O) groups excluding carboxylic acids is 1. The van der Waals surface area contributed by atoms with Gasteiger partial charge in [-0.2, -0.15) is 0 Å². The Morgan fingerprint density at radius 2 is 2.00 bits per heavy atom. The molecule has 1 aliphatic rings. The Kier molecular flexibility index (Phi) is 5.69. The molecule has 1 unspecified atom stereocenters. The van der Waals surface area contributed by atoms with Crippen molar-refractivity contribution in [3.8, 4) is 5.75 Å². The van der Waals surface area contributed by atoms with Crippen molar-refractivity contribution in [3.63, 3.8) is 0 Å². The molecule has 1 aliphatic carbocycles. The highest BCUT2D eigenvalue weighted by Crippen LogP contribution is 2.49. The lowest BCUT2D eigenvalue weighted by Gasteiger charge is -2.22. The molecule has 4 heteroatoms. The minimum absolute atomic E-state index is 0.0217. The maximum Gasteiger partial charge on any atom is 0.230 e. The molecule has 0 aliphatic heterocycles. The van der Waals surface area contributed by atoms with Crippen molar-refractivity contribution in [1.29, 1.82) is 0 Å². The van der Waals surface area contributed by atoms with Gasteiger partial charge in [0.05, 0.1) is 18.6 Å². The van der Waals surface area contributed by atoms with E-state index in [1.165, 1.54) is 0 Å². The van der Waals surface area contributed by atoms with Crippen LogP contribution in [0.1, 0.15) is 50.7 Å². The van der Waals surface area contributed by atoms with Crippen molar-refractivity contribution in [1.82, 2.24) is 5.32 Å². The van der Waals surface area contributed by atoms with Crippen LogP contribution in [-0.4, -0.2) is 30.8 Å². The van der Waals surface area contributed by atoms with Crippen LogP contribution in [-0.2, 0) is 10.2 Å². The highest BCUT2D eigenvalue weighted by atomic mass is 16.5. The molecule has 2 N–H and O–H groups in total. The summed E-state index contributed by atoms with van der Waals surface area (Å²) in [6.07, 6.45) is 3.08. The first-order valence-electron chi connectivity index (χ1n) is 8.60. The second kappa shape index (κ2) is 7.35. The second-order valence-corrected chi connectivity index (χ2v) is 6.62. The SMILES string of the molecule is CCC(CC)C(O)CNC(=O)C1(c2ccc(C)c(OC)c2)CC1. The van der Waals surface area contributed by atoms with Gasteiger partial charge in [0.15, 0.2) is 0 Å². The summed E-state index contributed by atoms with van der Waals surface area (Å²) in [4.78, 5) is 12.7. The molecule has 0 aromatic heterocycles. The molecule has 128 valence electrons. The van der Waals surface area contributed by atoms with Crippen LogP contribution < -0.4 is 10.1 Å². The van der Waals surface area contributed by atoms with E-state index in [0.29, 0.717) is 6.54 Å². The summed E-state index contributed by atoms with van der Waals surface area (Å²) in [6, 6.07) is 5.99. The van der Waals surface area contributed by atoms with E-state index in [-0.39, 0.29) is 11.8 Å². The van der Waals surface area contributed by atoms with E-state index in [4.69, 9.17) is 4.74 Å². The molecule has 2 rings (SSSR count). The van der Waals surface area contributed by atoms with Crippen molar-refractivity contribution >= 4 is 5.91 Å². The van der Waals surface area contributed by atoms with Crippen molar-refractivity contribution < 1.29 is 14.6 Å². The number of nitrogens with one attached hydrogen (secondary N) is 1. The van der Waals surface area contributed by atoms with E-state index in [2.05, 4.69) is 19.2 Å². The molecule has 1 aromatic carbocycles. The standard InChI is InChI=1S/C19H29NO3/c1-5-14(6-2)16(21)12-20-18(22)19(9-10-19)15-8-7-13(3)17(11-15)23-4/h7-8,11,14,16,21H,5-6,9-10,12H2,1-4H3,(H,20,22). The number of aliphatic hydroxyl groups is 1. The Hall–Kier alpha value is -1.55. The zero-order valence-electron chi connectivity index (χ0n) is 14.7. The van der Waals surface area contributed by atoms with E-state index in [9.17, 15) is 9.90 Å². The molecule has 0 radical (unpaired) electrons. The lowest BCUT2D eigenvalue weighted by Crippen LogP contribution is -2.41. The van der Waals surface area contributed by atoms with E-state index < -0.39 is 11.5 Å². The first-order chi connectivity index (χ1) is 11.0. The van der Waals surface area contributed by atoms with Gasteiger partial charge in [0.25, 0.3) is 0 Å². The van der Waals surface area contributed by atoms with E-state index in [1.807, 2.05) is 25.1 Å². The highest BCUT2D eigenvalue weighted by molar-refractivity contribution is 5.91. The summed E-state index contributed by atoms with van der Waals surface area (Å²) in [5.41, 5.74) is 1.64. The summed E-state index contributed by atoms with van der Waals surface area (Å²) in [5.74, 6) is 1.08. The zero-order chi connectivity index (χ0) is 17.0.